The molecule has 0 amide bonds. The van der Waals surface area contributed by atoms with Crippen molar-refractivity contribution in [3.05, 3.63) is 29.6 Å². The number of rotatable bonds is 4. The molecule has 1 heterocycles. The van der Waals surface area contributed by atoms with Gasteiger partial charge in [-0.05, 0) is 31.0 Å². The van der Waals surface area contributed by atoms with Crippen LogP contribution in [-0.2, 0) is 14.8 Å². The van der Waals surface area contributed by atoms with E-state index in [0.29, 0.717) is 19.4 Å². The molecular weight excluding hydrogens is 299 g/mol. The van der Waals surface area contributed by atoms with Gasteiger partial charge in [-0.3, -0.25) is 0 Å². The molecule has 1 unspecified atom stereocenters. The van der Waals surface area contributed by atoms with Crippen molar-refractivity contribution < 1.29 is 22.3 Å². The molecule has 1 aromatic carbocycles. The third-order valence-corrected chi connectivity index (χ3v) is 5.52. The monoisotopic (exact) mass is 316 g/mol. The molecule has 0 bridgehead atoms. The number of nitrogens with two attached hydrogens (primary N) is 1. The van der Waals surface area contributed by atoms with Crippen molar-refractivity contribution in [3.63, 3.8) is 0 Å². The Morgan fingerprint density at radius 2 is 2.24 bits per heavy atom. The van der Waals surface area contributed by atoms with Crippen LogP contribution in [0.3, 0.4) is 0 Å². The summed E-state index contributed by atoms with van der Waals surface area (Å²) in [5.74, 6) is -1.55. The van der Waals surface area contributed by atoms with Crippen molar-refractivity contribution in [2.45, 2.75) is 23.8 Å². The highest BCUT2D eigenvalue weighted by molar-refractivity contribution is 7.89. The molecule has 0 aromatic heterocycles. The zero-order valence-corrected chi connectivity index (χ0v) is 12.4. The average Bonchev–Trinajstić information content (AvgIpc) is 2.95. The average molecular weight is 316 g/mol. The lowest BCUT2D eigenvalue weighted by Crippen LogP contribution is -2.40. The van der Waals surface area contributed by atoms with Gasteiger partial charge in [0.05, 0.1) is 17.6 Å². The van der Waals surface area contributed by atoms with Gasteiger partial charge >= 0.3 is 5.97 Å². The second-order valence-electron chi connectivity index (χ2n) is 4.78. The normalized spacial score (nSPS) is 19.7. The summed E-state index contributed by atoms with van der Waals surface area (Å²) in [5, 5.41) is 0. The van der Waals surface area contributed by atoms with E-state index in [1.165, 1.54) is 4.31 Å². The maximum absolute atomic E-state index is 13.5. The molecule has 0 saturated carbocycles. The van der Waals surface area contributed by atoms with Crippen molar-refractivity contribution in [2.24, 2.45) is 5.73 Å². The Hall–Kier alpha value is -1.51. The quantitative estimate of drug-likeness (QED) is 0.827. The van der Waals surface area contributed by atoms with Gasteiger partial charge in [0, 0.05) is 19.1 Å². The molecule has 0 aliphatic carbocycles. The SMILES string of the molecule is COC(=O)c1ccc(F)cc1S(=O)(=O)N1CCCC1CN. The van der Waals surface area contributed by atoms with E-state index < -0.39 is 21.8 Å². The van der Waals surface area contributed by atoms with Gasteiger partial charge in [0.2, 0.25) is 10.0 Å². The smallest absolute Gasteiger partial charge is 0.339 e. The predicted molar refractivity (Wildman–Crippen MR) is 73.7 cm³/mol. The molecule has 1 aromatic rings. The van der Waals surface area contributed by atoms with Crippen molar-refractivity contribution in [2.75, 3.05) is 20.2 Å². The Morgan fingerprint density at radius 3 is 2.86 bits per heavy atom. The van der Waals surface area contributed by atoms with Crippen LogP contribution >= 0.6 is 0 Å². The molecule has 1 atom stereocenters. The van der Waals surface area contributed by atoms with Crippen molar-refractivity contribution in [3.8, 4) is 0 Å². The van der Waals surface area contributed by atoms with E-state index in [-0.39, 0.29) is 23.0 Å². The van der Waals surface area contributed by atoms with Crippen LogP contribution in [0.5, 0.6) is 0 Å². The van der Waals surface area contributed by atoms with Crippen LogP contribution in [0.25, 0.3) is 0 Å². The maximum atomic E-state index is 13.5. The Balaban J connectivity index is 2.53. The molecule has 116 valence electrons. The number of carbonyl (C=O) groups is 1. The molecule has 1 saturated heterocycles. The first-order valence-electron chi connectivity index (χ1n) is 6.51. The van der Waals surface area contributed by atoms with Crippen LogP contribution in [0.4, 0.5) is 4.39 Å². The third kappa shape index (κ3) is 2.92. The van der Waals surface area contributed by atoms with Gasteiger partial charge in [-0.1, -0.05) is 0 Å². The zero-order valence-electron chi connectivity index (χ0n) is 11.6. The highest BCUT2D eigenvalue weighted by Gasteiger charge is 2.37. The van der Waals surface area contributed by atoms with E-state index in [1.54, 1.807) is 0 Å². The number of halogens is 1. The van der Waals surface area contributed by atoms with Crippen molar-refractivity contribution >= 4 is 16.0 Å². The minimum Gasteiger partial charge on any atom is -0.465 e. The Morgan fingerprint density at radius 1 is 1.52 bits per heavy atom. The number of methoxy groups -OCH3 is 1. The molecule has 0 spiro atoms. The van der Waals surface area contributed by atoms with Gasteiger partial charge < -0.3 is 10.5 Å². The van der Waals surface area contributed by atoms with Crippen LogP contribution in [0, 0.1) is 5.82 Å². The van der Waals surface area contributed by atoms with Crippen LogP contribution in [0.2, 0.25) is 0 Å². The molecule has 2 N–H and O–H groups in total. The van der Waals surface area contributed by atoms with Gasteiger partial charge in [0.25, 0.3) is 0 Å². The number of esters is 1. The number of benzene rings is 1. The lowest BCUT2D eigenvalue weighted by Gasteiger charge is -2.23. The molecule has 6 nitrogen and oxygen atoms in total. The number of nitrogens with zero attached hydrogens (tertiary/aromatic N) is 1. The molecule has 0 radical (unpaired) electrons. The zero-order chi connectivity index (χ0) is 15.6. The summed E-state index contributed by atoms with van der Waals surface area (Å²) in [6.45, 7) is 0.490. The minimum absolute atomic E-state index is 0.179. The minimum atomic E-state index is -4.00. The van der Waals surface area contributed by atoms with Crippen LogP contribution in [-0.4, -0.2) is 44.9 Å². The first kappa shape index (κ1) is 15.9. The largest absolute Gasteiger partial charge is 0.465 e. The number of sulfonamides is 1. The molecule has 8 heteroatoms. The maximum Gasteiger partial charge on any atom is 0.339 e. The van der Waals surface area contributed by atoms with Crippen molar-refractivity contribution in [1.29, 1.82) is 0 Å². The summed E-state index contributed by atoms with van der Waals surface area (Å²) < 4.78 is 44.6. The van der Waals surface area contributed by atoms with E-state index in [0.717, 1.165) is 25.3 Å². The highest BCUT2D eigenvalue weighted by atomic mass is 32.2. The van der Waals surface area contributed by atoms with E-state index in [1.807, 2.05) is 0 Å². The number of carbonyl (C=O) groups excluding carboxylic acids is 1. The lowest BCUT2D eigenvalue weighted by atomic mass is 10.2. The molecular formula is C13H17FN2O4S. The van der Waals surface area contributed by atoms with Gasteiger partial charge in [-0.15, -0.1) is 0 Å². The summed E-state index contributed by atoms with van der Waals surface area (Å²) in [7, 11) is -2.86. The highest BCUT2D eigenvalue weighted by Crippen LogP contribution is 2.28. The molecule has 1 aliphatic heterocycles. The predicted octanol–water partition coefficient (Wildman–Crippen LogP) is 0.724. The Bertz CT molecular complexity index is 648. The van der Waals surface area contributed by atoms with Gasteiger partial charge in [0.1, 0.15) is 5.82 Å². The van der Waals surface area contributed by atoms with E-state index in [4.69, 9.17) is 5.73 Å². The second-order valence-corrected chi connectivity index (χ2v) is 6.64. The number of ether oxygens (including phenoxy) is 1. The fourth-order valence-electron chi connectivity index (χ4n) is 2.48. The summed E-state index contributed by atoms with van der Waals surface area (Å²) in [6.07, 6.45) is 1.34. The fourth-order valence-corrected chi connectivity index (χ4v) is 4.37. The first-order chi connectivity index (χ1) is 9.91. The Labute approximate surface area is 122 Å². The second kappa shape index (κ2) is 6.08. The van der Waals surface area contributed by atoms with E-state index >= 15 is 0 Å². The molecule has 1 aliphatic rings. The first-order valence-corrected chi connectivity index (χ1v) is 7.95. The lowest BCUT2D eigenvalue weighted by molar-refractivity contribution is 0.0596. The summed E-state index contributed by atoms with van der Waals surface area (Å²) >= 11 is 0. The topological polar surface area (TPSA) is 89.7 Å². The van der Waals surface area contributed by atoms with Gasteiger partial charge in [-0.2, -0.15) is 4.31 Å². The van der Waals surface area contributed by atoms with E-state index in [9.17, 15) is 17.6 Å². The van der Waals surface area contributed by atoms with E-state index in [2.05, 4.69) is 4.74 Å². The van der Waals surface area contributed by atoms with Gasteiger partial charge in [-0.25, -0.2) is 17.6 Å². The van der Waals surface area contributed by atoms with Crippen LogP contribution in [0.1, 0.15) is 23.2 Å². The molecule has 1 fully saturated rings. The summed E-state index contributed by atoms with van der Waals surface area (Å²) in [5.41, 5.74) is 5.40. The van der Waals surface area contributed by atoms with Crippen LogP contribution < -0.4 is 5.73 Å². The fraction of sp³-hybridized carbons (Fsp3) is 0.462. The summed E-state index contributed by atoms with van der Waals surface area (Å²) in [4.78, 5) is 11.3. The van der Waals surface area contributed by atoms with Crippen molar-refractivity contribution in [1.82, 2.24) is 4.31 Å². The standard InChI is InChI=1S/C13H17FN2O4S/c1-20-13(17)11-5-4-9(14)7-12(11)21(18,19)16-6-2-3-10(16)8-15/h4-5,7,10H,2-3,6,8,15H2,1H3. The third-order valence-electron chi connectivity index (χ3n) is 3.53. The van der Waals surface area contributed by atoms with Crippen LogP contribution in [0.15, 0.2) is 23.1 Å². The molecule has 2 rings (SSSR count). The number of hydrogen-bond acceptors (Lipinski definition) is 5. The summed E-state index contributed by atoms with van der Waals surface area (Å²) in [6, 6.07) is 2.65. The Kier molecular flexibility index (Phi) is 4.60. The molecule has 21 heavy (non-hydrogen) atoms. The van der Waals surface area contributed by atoms with Gasteiger partial charge in [0.15, 0.2) is 0 Å². The number of hydrogen-bond donors (Lipinski definition) is 1.